The zero-order valence-electron chi connectivity index (χ0n) is 12.2. The van der Waals surface area contributed by atoms with Gasteiger partial charge >= 0.3 is 0 Å². The first-order chi connectivity index (χ1) is 10.6. The molecule has 0 radical (unpaired) electrons. The van der Waals surface area contributed by atoms with Crippen LogP contribution in [0.1, 0.15) is 41.4 Å². The summed E-state index contributed by atoms with van der Waals surface area (Å²) in [5.41, 5.74) is 0.962. The van der Waals surface area contributed by atoms with Crippen molar-refractivity contribution in [1.29, 1.82) is 5.26 Å². The normalized spacial score (nSPS) is 17.3. The largest absolute Gasteiger partial charge is 0.297 e. The lowest BCUT2D eigenvalue weighted by Gasteiger charge is -2.41. The summed E-state index contributed by atoms with van der Waals surface area (Å²) < 4.78 is 13.1. The monoisotopic (exact) mass is 314 g/mol. The molecule has 0 saturated heterocycles. The van der Waals surface area contributed by atoms with E-state index in [2.05, 4.69) is 11.1 Å². The smallest absolute Gasteiger partial charge is 0.167 e. The van der Waals surface area contributed by atoms with Gasteiger partial charge in [0.05, 0.1) is 11.5 Å². The molecule has 0 aliphatic heterocycles. The van der Waals surface area contributed by atoms with Gasteiger partial charge in [-0.1, -0.05) is 18.6 Å². The van der Waals surface area contributed by atoms with E-state index in [0.717, 1.165) is 17.7 Å². The summed E-state index contributed by atoms with van der Waals surface area (Å²) in [5, 5.41) is 11.9. The Morgan fingerprint density at radius 2 is 2.09 bits per heavy atom. The Bertz CT molecular complexity index is 741. The van der Waals surface area contributed by atoms with Crippen molar-refractivity contribution in [2.24, 2.45) is 0 Å². The summed E-state index contributed by atoms with van der Waals surface area (Å²) in [5.74, 6) is -1.27. The predicted octanol–water partition coefficient (Wildman–Crippen LogP) is 3.89. The van der Waals surface area contributed by atoms with Crippen molar-refractivity contribution in [3.63, 3.8) is 0 Å². The molecule has 1 aliphatic carbocycles. The van der Waals surface area contributed by atoms with Crippen LogP contribution in [0, 0.1) is 24.1 Å². The second kappa shape index (κ2) is 5.62. The van der Waals surface area contributed by atoms with Crippen molar-refractivity contribution in [3.8, 4) is 6.07 Å². The number of Topliss-reactive ketones (excluding diaryl/α,β-unsaturated/α-hetero) is 1. The van der Waals surface area contributed by atoms with Crippen LogP contribution in [-0.4, -0.2) is 10.8 Å². The van der Waals surface area contributed by atoms with Gasteiger partial charge in [-0.3, -0.25) is 4.79 Å². The fourth-order valence-electron chi connectivity index (χ4n) is 2.98. The third kappa shape index (κ3) is 2.34. The number of thiazole rings is 1. The Morgan fingerprint density at radius 1 is 1.41 bits per heavy atom. The summed E-state index contributed by atoms with van der Waals surface area (Å²) in [6, 6.07) is 8.18. The van der Waals surface area contributed by atoms with Crippen LogP contribution in [0.5, 0.6) is 0 Å². The number of hydrogen-bond acceptors (Lipinski definition) is 4. The molecule has 1 saturated carbocycles. The van der Waals surface area contributed by atoms with Crippen LogP contribution in [0.4, 0.5) is 4.39 Å². The first kappa shape index (κ1) is 14.9. The molecule has 1 atom stereocenters. The molecule has 22 heavy (non-hydrogen) atoms. The van der Waals surface area contributed by atoms with Gasteiger partial charge in [-0.05, 0) is 37.5 Å². The average Bonchev–Trinajstić information content (AvgIpc) is 2.87. The minimum atomic E-state index is -0.843. The Kier molecular flexibility index (Phi) is 3.79. The molecule has 0 bridgehead atoms. The number of carbonyl (C=O) groups is 1. The maximum atomic E-state index is 13.1. The summed E-state index contributed by atoms with van der Waals surface area (Å²) in [7, 11) is 0. The van der Waals surface area contributed by atoms with E-state index in [-0.39, 0.29) is 11.6 Å². The lowest BCUT2D eigenvalue weighted by molar-refractivity contribution is -0.128. The molecule has 2 aromatic rings. The van der Waals surface area contributed by atoms with Crippen LogP contribution >= 0.6 is 11.3 Å². The fourth-order valence-corrected chi connectivity index (χ4v) is 3.82. The molecular weight excluding hydrogens is 299 g/mol. The van der Waals surface area contributed by atoms with Crippen molar-refractivity contribution in [1.82, 2.24) is 4.98 Å². The van der Waals surface area contributed by atoms with E-state index in [1.165, 1.54) is 23.5 Å². The number of aryl methyl sites for hydroxylation is 1. The van der Waals surface area contributed by atoms with Crippen LogP contribution in [0.3, 0.4) is 0 Å². The SMILES string of the molecule is Cc1csc([C@@H](C#N)C(=O)C2(c3ccc(F)cc3)CCC2)n1. The molecule has 0 unspecified atom stereocenters. The van der Waals surface area contributed by atoms with E-state index in [0.29, 0.717) is 17.8 Å². The molecular formula is C17H15FN2OS. The topological polar surface area (TPSA) is 53.8 Å². The summed E-state index contributed by atoms with van der Waals surface area (Å²) in [4.78, 5) is 17.3. The minimum absolute atomic E-state index is 0.109. The summed E-state index contributed by atoms with van der Waals surface area (Å²) in [6.07, 6.45) is 2.36. The third-order valence-corrected chi connectivity index (χ3v) is 5.38. The molecule has 1 aromatic heterocycles. The van der Waals surface area contributed by atoms with Gasteiger partial charge in [0.25, 0.3) is 0 Å². The Labute approximate surface area is 132 Å². The minimum Gasteiger partial charge on any atom is -0.297 e. The van der Waals surface area contributed by atoms with Crippen molar-refractivity contribution >= 4 is 17.1 Å². The maximum absolute atomic E-state index is 13.1. The molecule has 5 heteroatoms. The first-order valence-corrected chi connectivity index (χ1v) is 8.07. The molecule has 1 aliphatic rings. The van der Waals surface area contributed by atoms with Gasteiger partial charge in [0.15, 0.2) is 11.7 Å². The van der Waals surface area contributed by atoms with Crippen LogP contribution in [-0.2, 0) is 10.2 Å². The first-order valence-electron chi connectivity index (χ1n) is 7.19. The fraction of sp³-hybridized carbons (Fsp3) is 0.353. The lowest BCUT2D eigenvalue weighted by atomic mass is 9.60. The third-order valence-electron chi connectivity index (χ3n) is 4.35. The molecule has 1 fully saturated rings. The van der Waals surface area contributed by atoms with Crippen molar-refractivity contribution in [2.45, 2.75) is 37.5 Å². The van der Waals surface area contributed by atoms with E-state index in [4.69, 9.17) is 0 Å². The number of nitrogens with zero attached hydrogens (tertiary/aromatic N) is 2. The Balaban J connectivity index is 1.97. The average molecular weight is 314 g/mol. The van der Waals surface area contributed by atoms with Gasteiger partial charge in [-0.15, -0.1) is 11.3 Å². The molecule has 112 valence electrons. The molecule has 0 amide bonds. The second-order valence-electron chi connectivity index (χ2n) is 5.70. The molecule has 1 heterocycles. The zero-order chi connectivity index (χ0) is 15.7. The number of rotatable bonds is 4. The molecule has 3 nitrogen and oxygen atoms in total. The Hall–Kier alpha value is -2.06. The van der Waals surface area contributed by atoms with Gasteiger partial charge in [-0.2, -0.15) is 5.26 Å². The molecule has 3 rings (SSSR count). The van der Waals surface area contributed by atoms with E-state index < -0.39 is 11.3 Å². The summed E-state index contributed by atoms with van der Waals surface area (Å²) in [6.45, 7) is 1.85. The van der Waals surface area contributed by atoms with E-state index in [9.17, 15) is 14.4 Å². The molecule has 1 aromatic carbocycles. The van der Waals surface area contributed by atoms with Gasteiger partial charge in [0, 0.05) is 11.1 Å². The number of hydrogen-bond donors (Lipinski definition) is 0. The Morgan fingerprint density at radius 3 is 2.55 bits per heavy atom. The zero-order valence-corrected chi connectivity index (χ0v) is 13.0. The van der Waals surface area contributed by atoms with Gasteiger partial charge in [-0.25, -0.2) is 9.37 Å². The van der Waals surface area contributed by atoms with Crippen LogP contribution < -0.4 is 0 Å². The highest BCUT2D eigenvalue weighted by Gasteiger charge is 2.49. The number of ketones is 1. The molecule has 0 N–H and O–H groups in total. The highest BCUT2D eigenvalue weighted by atomic mass is 32.1. The van der Waals surface area contributed by atoms with Crippen LogP contribution in [0.2, 0.25) is 0 Å². The van der Waals surface area contributed by atoms with E-state index >= 15 is 0 Å². The van der Waals surface area contributed by atoms with Crippen molar-refractivity contribution in [3.05, 3.63) is 51.7 Å². The lowest BCUT2D eigenvalue weighted by Crippen LogP contribution is -2.44. The van der Waals surface area contributed by atoms with Gasteiger partial charge in [0.2, 0.25) is 0 Å². The number of aromatic nitrogens is 1. The number of benzene rings is 1. The highest BCUT2D eigenvalue weighted by molar-refractivity contribution is 7.09. The van der Waals surface area contributed by atoms with Gasteiger partial charge in [0.1, 0.15) is 10.8 Å². The standard InChI is InChI=1S/C17H15FN2OS/c1-11-10-22-16(20-11)14(9-19)15(21)17(7-2-8-17)12-3-5-13(18)6-4-12/h3-6,10,14H,2,7-8H2,1H3/t14-/m0/s1. The van der Waals surface area contributed by atoms with Crippen LogP contribution in [0.25, 0.3) is 0 Å². The highest BCUT2D eigenvalue weighted by Crippen LogP contribution is 2.47. The van der Waals surface area contributed by atoms with E-state index in [1.807, 2.05) is 12.3 Å². The van der Waals surface area contributed by atoms with Gasteiger partial charge < -0.3 is 0 Å². The number of halogens is 1. The van der Waals surface area contributed by atoms with Crippen molar-refractivity contribution in [2.75, 3.05) is 0 Å². The maximum Gasteiger partial charge on any atom is 0.167 e. The summed E-state index contributed by atoms with van der Waals surface area (Å²) >= 11 is 1.34. The molecule has 0 spiro atoms. The van der Waals surface area contributed by atoms with Crippen molar-refractivity contribution < 1.29 is 9.18 Å². The quantitative estimate of drug-likeness (QED) is 0.860. The second-order valence-corrected chi connectivity index (χ2v) is 6.59. The number of nitriles is 1. The van der Waals surface area contributed by atoms with Crippen LogP contribution in [0.15, 0.2) is 29.6 Å². The predicted molar refractivity (Wildman–Crippen MR) is 82.1 cm³/mol. The number of carbonyl (C=O) groups excluding carboxylic acids is 1. The van der Waals surface area contributed by atoms with E-state index in [1.54, 1.807) is 12.1 Å².